The van der Waals surface area contributed by atoms with Crippen molar-refractivity contribution in [2.45, 2.75) is 57.8 Å². The molecule has 0 bridgehead atoms. The van der Waals surface area contributed by atoms with Crippen LogP contribution in [-0.2, 0) is 59.6 Å². The van der Waals surface area contributed by atoms with E-state index in [0.29, 0.717) is 26.4 Å². The van der Waals surface area contributed by atoms with Gasteiger partial charge >= 0.3 is 5.97 Å². The van der Waals surface area contributed by atoms with Crippen molar-refractivity contribution in [2.24, 2.45) is 0 Å². The Balaban J connectivity index is 1.44. The summed E-state index contributed by atoms with van der Waals surface area (Å²) in [5, 5.41) is 0. The zero-order valence-corrected chi connectivity index (χ0v) is 25.5. The Labute approximate surface area is 265 Å². The fraction of sp³-hybridized carbons (Fsp3) is 0.289. The molecule has 1 aliphatic heterocycles. The van der Waals surface area contributed by atoms with Gasteiger partial charge in [-0.2, -0.15) is 0 Å². The van der Waals surface area contributed by atoms with Gasteiger partial charge in [0.25, 0.3) is 0 Å². The van der Waals surface area contributed by atoms with Crippen LogP contribution < -0.4 is 0 Å². The Bertz CT molecular complexity index is 1440. The molecule has 234 valence electrons. The first kappa shape index (κ1) is 32.1. The summed E-state index contributed by atoms with van der Waals surface area (Å²) in [5.74, 6) is -0.500. The van der Waals surface area contributed by atoms with Crippen LogP contribution in [0.1, 0.15) is 29.2 Å². The third kappa shape index (κ3) is 9.86. The first-order chi connectivity index (χ1) is 22.2. The van der Waals surface area contributed by atoms with E-state index in [0.717, 1.165) is 22.3 Å². The fourth-order valence-electron chi connectivity index (χ4n) is 5.04. The molecule has 0 spiro atoms. The number of hydrogen-bond acceptors (Lipinski definition) is 7. The largest absolute Gasteiger partial charge is 0.478 e. The molecular weight excluding hydrogens is 568 g/mol. The molecule has 0 radical (unpaired) electrons. The van der Waals surface area contributed by atoms with Crippen molar-refractivity contribution in [1.29, 1.82) is 0 Å². The van der Waals surface area contributed by atoms with Crippen molar-refractivity contribution in [1.82, 2.24) is 0 Å². The number of carbonyl (C=O) groups excluding carboxylic acids is 1. The van der Waals surface area contributed by atoms with Crippen molar-refractivity contribution in [3.63, 3.8) is 0 Å². The number of rotatable bonds is 16. The predicted molar refractivity (Wildman–Crippen MR) is 171 cm³/mol. The third-order valence-corrected chi connectivity index (χ3v) is 7.34. The highest BCUT2D eigenvalue weighted by Crippen LogP contribution is 2.30. The molecule has 1 heterocycles. The summed E-state index contributed by atoms with van der Waals surface area (Å²) < 4.78 is 37.5. The number of benzene rings is 4. The SMILES string of the molecule is CCOC(=O)C1=C[C@@H](OCc2ccccc2)[C@@H](OCc2ccccc2)[C@@H]([C@@H](COCc2ccccc2)OCc2ccccc2)O1. The van der Waals surface area contributed by atoms with Gasteiger partial charge in [-0.1, -0.05) is 121 Å². The highest BCUT2D eigenvalue weighted by atomic mass is 16.6. The fourth-order valence-corrected chi connectivity index (χ4v) is 5.04. The Hall–Kier alpha value is -4.27. The zero-order valence-electron chi connectivity index (χ0n) is 25.5. The molecule has 0 N–H and O–H groups in total. The molecular formula is C38H40O7. The predicted octanol–water partition coefficient (Wildman–Crippen LogP) is 6.81. The lowest BCUT2D eigenvalue weighted by molar-refractivity contribution is -0.193. The molecule has 7 nitrogen and oxygen atoms in total. The van der Waals surface area contributed by atoms with Crippen LogP contribution in [-0.4, -0.2) is 43.6 Å². The van der Waals surface area contributed by atoms with Crippen LogP contribution >= 0.6 is 0 Å². The van der Waals surface area contributed by atoms with Crippen LogP contribution in [0.5, 0.6) is 0 Å². The van der Waals surface area contributed by atoms with Gasteiger partial charge in [0.1, 0.15) is 18.3 Å². The van der Waals surface area contributed by atoms with E-state index in [1.165, 1.54) is 0 Å². The van der Waals surface area contributed by atoms with E-state index in [4.69, 9.17) is 28.4 Å². The van der Waals surface area contributed by atoms with E-state index >= 15 is 0 Å². The van der Waals surface area contributed by atoms with E-state index in [-0.39, 0.29) is 19.0 Å². The molecule has 0 saturated heterocycles. The second-order valence-electron chi connectivity index (χ2n) is 10.7. The first-order valence-electron chi connectivity index (χ1n) is 15.3. The lowest BCUT2D eigenvalue weighted by Gasteiger charge is -2.40. The van der Waals surface area contributed by atoms with E-state index in [9.17, 15) is 4.79 Å². The maximum Gasteiger partial charge on any atom is 0.373 e. The maximum atomic E-state index is 13.1. The molecule has 4 atom stereocenters. The van der Waals surface area contributed by atoms with Crippen LogP contribution in [0.25, 0.3) is 0 Å². The Morgan fingerprint density at radius 1 is 0.667 bits per heavy atom. The number of esters is 1. The van der Waals surface area contributed by atoms with Crippen LogP contribution in [0.4, 0.5) is 0 Å². The van der Waals surface area contributed by atoms with Gasteiger partial charge in [0, 0.05) is 0 Å². The van der Waals surface area contributed by atoms with Gasteiger partial charge in [0.15, 0.2) is 6.10 Å². The molecule has 1 aliphatic rings. The van der Waals surface area contributed by atoms with Gasteiger partial charge in [-0.15, -0.1) is 0 Å². The summed E-state index contributed by atoms with van der Waals surface area (Å²) in [6.45, 7) is 3.51. The first-order valence-corrected chi connectivity index (χ1v) is 15.3. The molecule has 0 amide bonds. The van der Waals surface area contributed by atoms with Gasteiger partial charge in [-0.3, -0.25) is 0 Å². The minimum absolute atomic E-state index is 0.0656. The van der Waals surface area contributed by atoms with E-state index < -0.39 is 30.4 Å². The lowest BCUT2D eigenvalue weighted by Crippen LogP contribution is -2.53. The number of carbonyl (C=O) groups is 1. The normalized spacial score (nSPS) is 18.4. The highest BCUT2D eigenvalue weighted by Gasteiger charge is 2.44. The average molecular weight is 609 g/mol. The van der Waals surface area contributed by atoms with Gasteiger partial charge < -0.3 is 28.4 Å². The van der Waals surface area contributed by atoms with Crippen molar-refractivity contribution >= 4 is 5.97 Å². The van der Waals surface area contributed by atoms with E-state index in [1.807, 2.05) is 121 Å². The van der Waals surface area contributed by atoms with Gasteiger partial charge in [0.05, 0.1) is 39.6 Å². The molecule has 45 heavy (non-hydrogen) atoms. The summed E-state index contributed by atoms with van der Waals surface area (Å²) in [7, 11) is 0. The van der Waals surface area contributed by atoms with Gasteiger partial charge in [0.2, 0.25) is 5.76 Å². The molecule has 0 aromatic heterocycles. The van der Waals surface area contributed by atoms with Crippen LogP contribution in [0.15, 0.2) is 133 Å². The topological polar surface area (TPSA) is 72.5 Å². The zero-order chi connectivity index (χ0) is 31.1. The average Bonchev–Trinajstić information content (AvgIpc) is 3.09. The van der Waals surface area contributed by atoms with Gasteiger partial charge in [-0.25, -0.2) is 4.79 Å². The van der Waals surface area contributed by atoms with Crippen molar-refractivity contribution in [2.75, 3.05) is 13.2 Å². The molecule has 0 saturated carbocycles. The molecule has 5 rings (SSSR count). The van der Waals surface area contributed by atoms with Crippen molar-refractivity contribution < 1.29 is 33.2 Å². The Kier molecular flexibility index (Phi) is 12.3. The minimum atomic E-state index is -0.752. The van der Waals surface area contributed by atoms with Crippen LogP contribution in [0, 0.1) is 0 Å². The van der Waals surface area contributed by atoms with E-state index in [2.05, 4.69) is 0 Å². The Morgan fingerprint density at radius 3 is 1.69 bits per heavy atom. The van der Waals surface area contributed by atoms with Crippen LogP contribution in [0.3, 0.4) is 0 Å². The highest BCUT2D eigenvalue weighted by molar-refractivity contribution is 5.86. The summed E-state index contributed by atoms with van der Waals surface area (Å²) in [6.07, 6.45) is -0.974. The minimum Gasteiger partial charge on any atom is -0.478 e. The summed E-state index contributed by atoms with van der Waals surface area (Å²) in [6, 6.07) is 39.7. The molecule has 7 heteroatoms. The third-order valence-electron chi connectivity index (χ3n) is 7.34. The van der Waals surface area contributed by atoms with Gasteiger partial charge in [-0.05, 0) is 35.3 Å². The number of ether oxygens (including phenoxy) is 6. The quantitative estimate of drug-likeness (QED) is 0.130. The molecule has 0 fully saturated rings. The maximum absolute atomic E-state index is 13.1. The lowest BCUT2D eigenvalue weighted by atomic mass is 9.98. The number of hydrogen-bond donors (Lipinski definition) is 0. The second kappa shape index (κ2) is 17.3. The van der Waals surface area contributed by atoms with Crippen LogP contribution in [0.2, 0.25) is 0 Å². The molecule has 4 aromatic carbocycles. The summed E-state index contributed by atoms with van der Waals surface area (Å²) >= 11 is 0. The standard InChI is InChI=1S/C38H40O7/c1-2-41-38(39)34-23-33(42-25-30-17-9-4-10-18-30)36(44-27-32-21-13-6-14-22-32)37(45-34)35(43-26-31-19-11-5-12-20-31)28-40-24-29-15-7-3-8-16-29/h3-23,33,35-37H,2,24-28H2,1H3/t33-,35-,36-,37-/m1/s1. The summed E-state index contributed by atoms with van der Waals surface area (Å²) in [5.41, 5.74) is 4.04. The van der Waals surface area contributed by atoms with E-state index in [1.54, 1.807) is 13.0 Å². The molecule has 4 aromatic rings. The van der Waals surface area contributed by atoms with Crippen molar-refractivity contribution in [3.05, 3.63) is 155 Å². The molecule has 0 unspecified atom stereocenters. The smallest absolute Gasteiger partial charge is 0.373 e. The van der Waals surface area contributed by atoms with Crippen molar-refractivity contribution in [3.8, 4) is 0 Å². The molecule has 0 aliphatic carbocycles. The summed E-state index contributed by atoms with van der Waals surface area (Å²) in [4.78, 5) is 13.1. The monoisotopic (exact) mass is 608 g/mol. The second-order valence-corrected chi connectivity index (χ2v) is 10.7. The Morgan fingerprint density at radius 2 is 1.16 bits per heavy atom.